The van der Waals surface area contributed by atoms with Crippen LogP contribution in [0.3, 0.4) is 0 Å². The number of amides is 1. The van der Waals surface area contributed by atoms with Gasteiger partial charge in [0.1, 0.15) is 10.8 Å². The van der Waals surface area contributed by atoms with Crippen molar-refractivity contribution < 1.29 is 4.79 Å². The third-order valence-electron chi connectivity index (χ3n) is 1.93. The van der Waals surface area contributed by atoms with Gasteiger partial charge < -0.3 is 5.32 Å². The van der Waals surface area contributed by atoms with Gasteiger partial charge in [0, 0.05) is 11.1 Å². The Morgan fingerprint density at radius 1 is 1.41 bits per heavy atom. The minimum atomic E-state index is -0.356. The highest BCUT2D eigenvalue weighted by atomic mass is 35.5. The number of hydrogen-bond donors (Lipinski definition) is 1. The molecule has 17 heavy (non-hydrogen) atoms. The van der Waals surface area contributed by atoms with E-state index in [9.17, 15) is 4.79 Å². The van der Waals surface area contributed by atoms with Crippen LogP contribution in [0, 0.1) is 0 Å². The lowest BCUT2D eigenvalue weighted by Gasteiger charge is -2.04. The molecule has 2 aromatic rings. The van der Waals surface area contributed by atoms with Crippen molar-refractivity contribution in [2.24, 2.45) is 0 Å². The van der Waals surface area contributed by atoms with Gasteiger partial charge in [-0.25, -0.2) is 4.98 Å². The van der Waals surface area contributed by atoms with E-state index in [-0.39, 0.29) is 21.8 Å². The van der Waals surface area contributed by atoms with Crippen LogP contribution in [0.5, 0.6) is 0 Å². The molecule has 4 nitrogen and oxygen atoms in total. The zero-order valence-corrected chi connectivity index (χ0v) is 10.8. The van der Waals surface area contributed by atoms with Crippen molar-refractivity contribution in [2.75, 3.05) is 0 Å². The SMILES string of the molecule is O=C(NCc1cncs1)c1nc(Cl)ccc1Cl. The highest BCUT2D eigenvalue weighted by Crippen LogP contribution is 2.16. The van der Waals surface area contributed by atoms with Crippen LogP contribution in [0.2, 0.25) is 10.2 Å². The van der Waals surface area contributed by atoms with Gasteiger partial charge in [0.05, 0.1) is 17.1 Å². The van der Waals surface area contributed by atoms with Gasteiger partial charge in [0.25, 0.3) is 5.91 Å². The number of pyridine rings is 1. The van der Waals surface area contributed by atoms with E-state index in [1.54, 1.807) is 17.8 Å². The molecule has 0 fully saturated rings. The van der Waals surface area contributed by atoms with E-state index >= 15 is 0 Å². The number of thiazole rings is 1. The molecule has 88 valence electrons. The van der Waals surface area contributed by atoms with Crippen molar-refractivity contribution in [3.63, 3.8) is 0 Å². The summed E-state index contributed by atoms with van der Waals surface area (Å²) in [6.45, 7) is 0.397. The predicted octanol–water partition coefficient (Wildman–Crippen LogP) is 2.77. The Morgan fingerprint density at radius 2 is 2.24 bits per heavy atom. The molecule has 0 spiro atoms. The summed E-state index contributed by atoms with van der Waals surface area (Å²) in [6.07, 6.45) is 1.69. The number of halogens is 2. The fourth-order valence-electron chi connectivity index (χ4n) is 1.16. The first kappa shape index (κ1) is 12.3. The molecule has 0 saturated heterocycles. The summed E-state index contributed by atoms with van der Waals surface area (Å²) in [5, 5.41) is 3.20. The number of carbonyl (C=O) groups excluding carboxylic acids is 1. The number of nitrogens with zero attached hydrogens (tertiary/aromatic N) is 2. The van der Waals surface area contributed by atoms with E-state index in [0.717, 1.165) is 4.88 Å². The lowest BCUT2D eigenvalue weighted by molar-refractivity contribution is 0.0946. The van der Waals surface area contributed by atoms with Crippen LogP contribution in [0.25, 0.3) is 0 Å². The molecule has 2 rings (SSSR count). The van der Waals surface area contributed by atoms with Crippen LogP contribution < -0.4 is 5.32 Å². The summed E-state index contributed by atoms with van der Waals surface area (Å²) >= 11 is 13.0. The third kappa shape index (κ3) is 3.15. The van der Waals surface area contributed by atoms with E-state index < -0.39 is 0 Å². The maximum absolute atomic E-state index is 11.8. The predicted molar refractivity (Wildman–Crippen MR) is 67.5 cm³/mol. The summed E-state index contributed by atoms with van der Waals surface area (Å²) in [5.74, 6) is -0.356. The Morgan fingerprint density at radius 3 is 2.94 bits per heavy atom. The monoisotopic (exact) mass is 287 g/mol. The van der Waals surface area contributed by atoms with Crippen molar-refractivity contribution in [2.45, 2.75) is 6.54 Å². The van der Waals surface area contributed by atoms with E-state index in [1.165, 1.54) is 17.4 Å². The molecule has 0 unspecified atom stereocenters. The number of nitrogens with one attached hydrogen (secondary N) is 1. The fraction of sp³-hybridized carbons (Fsp3) is 0.100. The molecule has 1 N–H and O–H groups in total. The summed E-state index contributed by atoms with van der Waals surface area (Å²) in [6, 6.07) is 3.07. The lowest BCUT2D eigenvalue weighted by Crippen LogP contribution is -2.23. The Labute approximate surface area is 112 Å². The van der Waals surface area contributed by atoms with Gasteiger partial charge >= 0.3 is 0 Å². The Hall–Kier alpha value is -1.17. The Balaban J connectivity index is 2.07. The average Bonchev–Trinajstić information content (AvgIpc) is 2.82. The van der Waals surface area contributed by atoms with Crippen LogP contribution in [0.15, 0.2) is 23.8 Å². The summed E-state index contributed by atoms with van der Waals surface area (Å²) in [5.41, 5.74) is 1.83. The third-order valence-corrected chi connectivity index (χ3v) is 3.23. The molecule has 0 radical (unpaired) electrons. The topological polar surface area (TPSA) is 54.9 Å². The van der Waals surface area contributed by atoms with Crippen molar-refractivity contribution in [3.05, 3.63) is 44.6 Å². The first-order valence-corrected chi connectivity index (χ1v) is 6.28. The second-order valence-corrected chi connectivity index (χ2v) is 4.88. The van der Waals surface area contributed by atoms with Gasteiger partial charge in [0.2, 0.25) is 0 Å². The van der Waals surface area contributed by atoms with E-state index in [1.807, 2.05) is 0 Å². The van der Waals surface area contributed by atoms with E-state index in [2.05, 4.69) is 15.3 Å². The van der Waals surface area contributed by atoms with Gasteiger partial charge in [0.15, 0.2) is 0 Å². The van der Waals surface area contributed by atoms with Gasteiger partial charge in [-0.05, 0) is 12.1 Å². The Kier molecular flexibility index (Phi) is 3.93. The van der Waals surface area contributed by atoms with Gasteiger partial charge in [-0.15, -0.1) is 11.3 Å². The highest BCUT2D eigenvalue weighted by molar-refractivity contribution is 7.09. The minimum Gasteiger partial charge on any atom is -0.346 e. The molecule has 0 atom stereocenters. The van der Waals surface area contributed by atoms with Gasteiger partial charge in [-0.2, -0.15) is 0 Å². The summed E-state index contributed by atoms with van der Waals surface area (Å²) in [7, 11) is 0. The molecule has 2 heterocycles. The first-order valence-electron chi connectivity index (χ1n) is 4.64. The zero-order valence-electron chi connectivity index (χ0n) is 8.48. The maximum Gasteiger partial charge on any atom is 0.271 e. The lowest BCUT2D eigenvalue weighted by atomic mass is 10.3. The standard InChI is InChI=1S/C10H7Cl2N3OS/c11-7-1-2-8(12)15-9(7)10(16)14-4-6-3-13-5-17-6/h1-3,5H,4H2,(H,14,16). The quantitative estimate of drug-likeness (QED) is 0.884. The van der Waals surface area contributed by atoms with Crippen LogP contribution in [-0.4, -0.2) is 15.9 Å². The largest absolute Gasteiger partial charge is 0.346 e. The second-order valence-electron chi connectivity index (χ2n) is 3.11. The molecule has 0 aliphatic rings. The summed E-state index contributed by atoms with van der Waals surface area (Å²) in [4.78, 5) is 20.5. The molecular weight excluding hydrogens is 281 g/mol. The first-order chi connectivity index (χ1) is 8.16. The number of carbonyl (C=O) groups is 1. The normalized spacial score (nSPS) is 10.2. The average molecular weight is 288 g/mol. The molecule has 1 amide bonds. The second kappa shape index (κ2) is 5.44. The van der Waals surface area contributed by atoms with E-state index in [4.69, 9.17) is 23.2 Å². The minimum absolute atomic E-state index is 0.128. The van der Waals surface area contributed by atoms with E-state index in [0.29, 0.717) is 6.54 Å². The smallest absolute Gasteiger partial charge is 0.271 e. The van der Waals surface area contributed by atoms with Crippen molar-refractivity contribution >= 4 is 40.4 Å². The van der Waals surface area contributed by atoms with Gasteiger partial charge in [-0.1, -0.05) is 23.2 Å². The van der Waals surface area contributed by atoms with Crippen molar-refractivity contribution in [1.29, 1.82) is 0 Å². The van der Waals surface area contributed by atoms with Crippen molar-refractivity contribution in [3.8, 4) is 0 Å². The highest BCUT2D eigenvalue weighted by Gasteiger charge is 2.12. The van der Waals surface area contributed by atoms with Crippen LogP contribution in [0.4, 0.5) is 0 Å². The molecule has 0 saturated carbocycles. The molecule has 0 bridgehead atoms. The molecule has 2 aromatic heterocycles. The molecular formula is C10H7Cl2N3OS. The maximum atomic E-state index is 11.8. The molecule has 7 heteroatoms. The van der Waals surface area contributed by atoms with Crippen LogP contribution in [0.1, 0.15) is 15.4 Å². The molecule has 0 aliphatic heterocycles. The molecule has 0 aromatic carbocycles. The van der Waals surface area contributed by atoms with Crippen molar-refractivity contribution in [1.82, 2.24) is 15.3 Å². The fourth-order valence-corrected chi connectivity index (χ4v) is 2.03. The molecule has 0 aliphatic carbocycles. The van der Waals surface area contributed by atoms with Crippen LogP contribution in [-0.2, 0) is 6.54 Å². The number of aromatic nitrogens is 2. The van der Waals surface area contributed by atoms with Gasteiger partial charge in [-0.3, -0.25) is 9.78 Å². The number of rotatable bonds is 3. The zero-order chi connectivity index (χ0) is 12.3. The summed E-state index contributed by atoms with van der Waals surface area (Å²) < 4.78 is 0. The number of hydrogen-bond acceptors (Lipinski definition) is 4. The Bertz CT molecular complexity index is 530. The van der Waals surface area contributed by atoms with Crippen LogP contribution >= 0.6 is 34.5 Å².